The molecule has 3 heterocycles. The zero-order chi connectivity index (χ0) is 22.3. The van der Waals surface area contributed by atoms with Gasteiger partial charge in [0.25, 0.3) is 5.91 Å². The van der Waals surface area contributed by atoms with Gasteiger partial charge in [0.2, 0.25) is 0 Å². The maximum Gasteiger partial charge on any atom is 0.268 e. The summed E-state index contributed by atoms with van der Waals surface area (Å²) in [4.78, 5) is 16.3. The summed E-state index contributed by atoms with van der Waals surface area (Å²) in [5.74, 6) is 0.313. The lowest BCUT2D eigenvalue weighted by Gasteiger charge is -2.13. The molecule has 0 aliphatic rings. The SMILES string of the molecule is Cl.NC(=O)c1cn(CC(O)CCCc2ccccc2OCc2cc(-c3ccsc3)cs2)cn1. The van der Waals surface area contributed by atoms with Crippen LogP contribution in [0.1, 0.15) is 33.8 Å². The lowest BCUT2D eigenvalue weighted by molar-refractivity contribution is 0.0995. The molecule has 1 amide bonds. The Balaban J connectivity index is 0.00000306. The van der Waals surface area contributed by atoms with Gasteiger partial charge in [-0.25, -0.2) is 4.98 Å². The van der Waals surface area contributed by atoms with Crippen LogP contribution < -0.4 is 10.5 Å². The summed E-state index contributed by atoms with van der Waals surface area (Å²) in [5.41, 5.74) is 9.03. The number of primary amides is 1. The Morgan fingerprint density at radius 3 is 2.82 bits per heavy atom. The number of aromatic nitrogens is 2. The molecular formula is C24H26ClN3O3S2. The summed E-state index contributed by atoms with van der Waals surface area (Å²) in [6.07, 6.45) is 4.81. The maximum absolute atomic E-state index is 11.1. The summed E-state index contributed by atoms with van der Waals surface area (Å²) < 4.78 is 7.81. The van der Waals surface area contributed by atoms with E-state index in [9.17, 15) is 9.90 Å². The highest BCUT2D eigenvalue weighted by molar-refractivity contribution is 7.10. The van der Waals surface area contributed by atoms with Crippen molar-refractivity contribution in [3.05, 3.63) is 81.2 Å². The van der Waals surface area contributed by atoms with Gasteiger partial charge in [-0.1, -0.05) is 18.2 Å². The number of para-hydroxylation sites is 1. The number of aryl methyl sites for hydroxylation is 1. The van der Waals surface area contributed by atoms with Crippen LogP contribution in [0.25, 0.3) is 11.1 Å². The molecule has 9 heteroatoms. The fourth-order valence-corrected chi connectivity index (χ4v) is 4.96. The van der Waals surface area contributed by atoms with Gasteiger partial charge in [-0.3, -0.25) is 4.79 Å². The molecule has 1 aromatic carbocycles. The van der Waals surface area contributed by atoms with Gasteiger partial charge in [0.05, 0.1) is 12.4 Å². The molecule has 0 fully saturated rings. The average molecular weight is 504 g/mol. The Morgan fingerprint density at radius 2 is 2.06 bits per heavy atom. The molecule has 0 aliphatic carbocycles. The second kappa shape index (κ2) is 12.0. The van der Waals surface area contributed by atoms with E-state index in [-0.39, 0.29) is 18.1 Å². The summed E-state index contributed by atoms with van der Waals surface area (Å²) in [6, 6.07) is 12.4. The first kappa shape index (κ1) is 25.0. The summed E-state index contributed by atoms with van der Waals surface area (Å²) >= 11 is 3.41. The molecule has 0 spiro atoms. The van der Waals surface area contributed by atoms with Gasteiger partial charge < -0.3 is 20.1 Å². The number of carbonyl (C=O) groups is 1. The van der Waals surface area contributed by atoms with E-state index < -0.39 is 12.0 Å². The predicted octanol–water partition coefficient (Wildman–Crippen LogP) is 5.16. The summed E-state index contributed by atoms with van der Waals surface area (Å²) in [5, 5.41) is 16.7. The largest absolute Gasteiger partial charge is 0.488 e. The number of benzene rings is 1. The van der Waals surface area contributed by atoms with E-state index >= 15 is 0 Å². The molecule has 1 atom stereocenters. The zero-order valence-corrected chi connectivity index (χ0v) is 20.4. The highest BCUT2D eigenvalue weighted by atomic mass is 35.5. The number of halogens is 1. The minimum Gasteiger partial charge on any atom is -0.488 e. The number of ether oxygens (including phenoxy) is 1. The second-order valence-corrected chi connectivity index (χ2v) is 9.35. The first-order valence-electron chi connectivity index (χ1n) is 10.4. The van der Waals surface area contributed by atoms with Crippen molar-refractivity contribution in [1.29, 1.82) is 0 Å². The van der Waals surface area contributed by atoms with Crippen molar-refractivity contribution in [2.24, 2.45) is 5.73 Å². The molecule has 6 nitrogen and oxygen atoms in total. The molecule has 4 rings (SSSR count). The number of aliphatic hydroxyl groups excluding tert-OH is 1. The molecule has 0 saturated heterocycles. The molecule has 4 aromatic rings. The van der Waals surface area contributed by atoms with E-state index in [1.54, 1.807) is 33.4 Å². The molecule has 0 aliphatic heterocycles. The van der Waals surface area contributed by atoms with Crippen molar-refractivity contribution in [3.8, 4) is 16.9 Å². The molecule has 3 N–H and O–H groups in total. The fraction of sp³-hybridized carbons (Fsp3) is 0.250. The van der Waals surface area contributed by atoms with Crippen molar-refractivity contribution in [2.75, 3.05) is 0 Å². The topological polar surface area (TPSA) is 90.4 Å². The van der Waals surface area contributed by atoms with Crippen molar-refractivity contribution in [3.63, 3.8) is 0 Å². The van der Waals surface area contributed by atoms with Crippen LogP contribution in [0.15, 0.2) is 65.1 Å². The van der Waals surface area contributed by atoms with Crippen molar-refractivity contribution < 1.29 is 14.6 Å². The third-order valence-electron chi connectivity index (χ3n) is 5.14. The van der Waals surface area contributed by atoms with E-state index in [2.05, 4.69) is 39.3 Å². The molecule has 3 aromatic heterocycles. The number of imidazole rings is 1. The predicted molar refractivity (Wildman–Crippen MR) is 135 cm³/mol. The fourth-order valence-electron chi connectivity index (χ4n) is 3.49. The molecular weight excluding hydrogens is 478 g/mol. The van der Waals surface area contributed by atoms with Gasteiger partial charge in [-0.15, -0.1) is 23.7 Å². The standard InChI is InChI=1S/C24H25N3O3S2.ClH/c25-24(29)22-12-27(16-26-22)11-20(28)6-3-5-17-4-1-2-7-23(17)30-13-21-10-19(15-32-21)18-8-9-31-14-18;/h1-2,4,7-10,12,14-16,20,28H,3,5-6,11,13H2,(H2,25,29);1H. The third kappa shape index (κ3) is 6.91. The molecule has 1 unspecified atom stereocenters. The summed E-state index contributed by atoms with van der Waals surface area (Å²) in [7, 11) is 0. The van der Waals surface area contributed by atoms with Crippen LogP contribution in [-0.2, 0) is 19.6 Å². The van der Waals surface area contributed by atoms with Gasteiger partial charge in [-0.05, 0) is 70.3 Å². The minimum absolute atomic E-state index is 0. The second-order valence-electron chi connectivity index (χ2n) is 7.58. The Bertz CT molecular complexity index is 1160. The quantitative estimate of drug-likeness (QED) is 0.296. The molecule has 0 saturated carbocycles. The first-order chi connectivity index (χ1) is 15.6. The van der Waals surface area contributed by atoms with Crippen LogP contribution in [0.2, 0.25) is 0 Å². The smallest absolute Gasteiger partial charge is 0.268 e. The normalized spacial score (nSPS) is 11.7. The Kier molecular flexibility index (Phi) is 9.08. The van der Waals surface area contributed by atoms with E-state index in [4.69, 9.17) is 10.5 Å². The zero-order valence-electron chi connectivity index (χ0n) is 17.9. The number of aliphatic hydroxyl groups is 1. The number of nitrogens with two attached hydrogens (primary N) is 1. The van der Waals surface area contributed by atoms with Crippen molar-refractivity contribution in [2.45, 2.75) is 38.5 Å². The van der Waals surface area contributed by atoms with Gasteiger partial charge in [0.15, 0.2) is 0 Å². The number of rotatable bonds is 11. The highest BCUT2D eigenvalue weighted by Gasteiger charge is 2.11. The van der Waals surface area contributed by atoms with Gasteiger partial charge in [0, 0.05) is 17.6 Å². The summed E-state index contributed by atoms with van der Waals surface area (Å²) in [6.45, 7) is 0.917. The van der Waals surface area contributed by atoms with E-state index in [1.807, 2.05) is 18.2 Å². The Hall–Kier alpha value is -2.65. The van der Waals surface area contributed by atoms with E-state index in [1.165, 1.54) is 22.3 Å². The average Bonchev–Trinajstić information content (AvgIpc) is 3.54. The van der Waals surface area contributed by atoms with Gasteiger partial charge >= 0.3 is 0 Å². The van der Waals surface area contributed by atoms with Crippen LogP contribution in [0.5, 0.6) is 5.75 Å². The van der Waals surface area contributed by atoms with Gasteiger partial charge in [-0.2, -0.15) is 11.3 Å². The lowest BCUT2D eigenvalue weighted by atomic mass is 10.0. The Morgan fingerprint density at radius 1 is 1.21 bits per heavy atom. The van der Waals surface area contributed by atoms with Gasteiger partial charge in [0.1, 0.15) is 18.1 Å². The van der Waals surface area contributed by atoms with Crippen LogP contribution in [0.4, 0.5) is 0 Å². The molecule has 33 heavy (non-hydrogen) atoms. The lowest BCUT2D eigenvalue weighted by Crippen LogP contribution is -2.15. The number of hydrogen-bond donors (Lipinski definition) is 2. The molecule has 174 valence electrons. The van der Waals surface area contributed by atoms with E-state index in [0.29, 0.717) is 19.6 Å². The van der Waals surface area contributed by atoms with Crippen molar-refractivity contribution >= 4 is 41.0 Å². The van der Waals surface area contributed by atoms with Crippen LogP contribution in [0, 0.1) is 0 Å². The third-order valence-corrected chi connectivity index (χ3v) is 6.74. The highest BCUT2D eigenvalue weighted by Crippen LogP contribution is 2.29. The number of nitrogens with zero attached hydrogens (tertiary/aromatic N) is 2. The maximum atomic E-state index is 11.1. The minimum atomic E-state index is -0.569. The van der Waals surface area contributed by atoms with Crippen LogP contribution >= 0.6 is 35.1 Å². The molecule has 0 bridgehead atoms. The van der Waals surface area contributed by atoms with Crippen LogP contribution in [0.3, 0.4) is 0 Å². The number of hydrogen-bond acceptors (Lipinski definition) is 6. The van der Waals surface area contributed by atoms with Crippen molar-refractivity contribution in [1.82, 2.24) is 9.55 Å². The Labute approximate surface area is 207 Å². The number of amides is 1. The monoisotopic (exact) mass is 503 g/mol. The number of thiophene rings is 2. The van der Waals surface area contributed by atoms with Crippen LogP contribution in [-0.4, -0.2) is 26.7 Å². The first-order valence-corrected chi connectivity index (χ1v) is 12.2. The number of carbonyl (C=O) groups excluding carboxylic acids is 1. The molecule has 0 radical (unpaired) electrons. The van der Waals surface area contributed by atoms with E-state index in [0.717, 1.165) is 24.2 Å².